The number of hydrogen-bond acceptors (Lipinski definition) is 4. The van der Waals surface area contributed by atoms with Gasteiger partial charge in [0.25, 0.3) is 5.56 Å². The van der Waals surface area contributed by atoms with Crippen molar-refractivity contribution in [3.8, 4) is 5.69 Å². The van der Waals surface area contributed by atoms with Crippen molar-refractivity contribution in [3.05, 3.63) is 94.4 Å². The third-order valence-electron chi connectivity index (χ3n) is 7.05. The summed E-state index contributed by atoms with van der Waals surface area (Å²) < 4.78 is 7.30. The summed E-state index contributed by atoms with van der Waals surface area (Å²) in [6.07, 6.45) is 6.74. The van der Waals surface area contributed by atoms with E-state index in [1.54, 1.807) is 16.9 Å². The summed E-state index contributed by atoms with van der Waals surface area (Å²) in [4.78, 5) is 34.4. The van der Waals surface area contributed by atoms with Crippen LogP contribution in [0, 0.1) is 12.8 Å². The number of carbonyl (C=O) groups is 1. The van der Waals surface area contributed by atoms with Gasteiger partial charge in [-0.05, 0) is 68.7 Å². The predicted octanol–water partition coefficient (Wildman–Crippen LogP) is 5.96. The zero-order chi connectivity index (χ0) is 24.4. The minimum absolute atomic E-state index is 0.0132. The number of benzene rings is 2. The average molecular weight is 470 g/mol. The molecule has 1 atom stereocenters. The van der Waals surface area contributed by atoms with Gasteiger partial charge in [-0.25, -0.2) is 4.98 Å². The molecule has 0 bridgehead atoms. The fourth-order valence-electron chi connectivity index (χ4n) is 5.15. The second-order valence-corrected chi connectivity index (χ2v) is 9.52. The van der Waals surface area contributed by atoms with Gasteiger partial charge in [0.05, 0.1) is 35.4 Å². The number of amides is 1. The molecular formula is C29H31N3O3. The lowest BCUT2D eigenvalue weighted by atomic mass is 9.88. The Morgan fingerprint density at radius 2 is 1.89 bits per heavy atom. The van der Waals surface area contributed by atoms with Gasteiger partial charge < -0.3 is 9.32 Å². The summed E-state index contributed by atoms with van der Waals surface area (Å²) in [7, 11) is 0. The normalized spacial score (nSPS) is 15.3. The van der Waals surface area contributed by atoms with E-state index in [2.05, 4.69) is 0 Å². The molecule has 0 aliphatic heterocycles. The maximum Gasteiger partial charge on any atom is 0.266 e. The molecule has 0 spiro atoms. The molecule has 1 aliphatic rings. The summed E-state index contributed by atoms with van der Waals surface area (Å²) in [6.45, 7) is 4.30. The summed E-state index contributed by atoms with van der Waals surface area (Å²) in [5.41, 5.74) is 2.29. The monoisotopic (exact) mass is 469 g/mol. The van der Waals surface area contributed by atoms with Crippen LogP contribution in [0.15, 0.2) is 76.1 Å². The van der Waals surface area contributed by atoms with Crippen molar-refractivity contribution in [2.75, 3.05) is 0 Å². The standard InChI is InChI=1S/C29H31N3O3/c1-20-10-8-13-23(18-20)32-27(30-26-16-7-6-15-25(26)29(32)34)21(2)31(19-24-14-9-17-35-24)28(33)22-11-4-3-5-12-22/h6-10,13-18,21-22H,3-5,11-12,19H2,1-2H3. The molecule has 2 heterocycles. The van der Waals surface area contributed by atoms with Crippen molar-refractivity contribution < 1.29 is 9.21 Å². The van der Waals surface area contributed by atoms with Crippen molar-refractivity contribution in [2.24, 2.45) is 5.92 Å². The van der Waals surface area contributed by atoms with Crippen LogP contribution in [0.2, 0.25) is 0 Å². The Morgan fingerprint density at radius 1 is 1.09 bits per heavy atom. The van der Waals surface area contributed by atoms with Gasteiger partial charge in [0.1, 0.15) is 11.6 Å². The summed E-state index contributed by atoms with van der Waals surface area (Å²) in [5, 5.41) is 0.557. The first-order valence-electron chi connectivity index (χ1n) is 12.4. The largest absolute Gasteiger partial charge is 0.467 e. The molecule has 1 aliphatic carbocycles. The van der Waals surface area contributed by atoms with Crippen LogP contribution in [0.5, 0.6) is 0 Å². The Bertz CT molecular complexity index is 1380. The van der Waals surface area contributed by atoms with Crippen molar-refractivity contribution in [1.82, 2.24) is 14.5 Å². The van der Waals surface area contributed by atoms with Crippen LogP contribution in [0.3, 0.4) is 0 Å². The van der Waals surface area contributed by atoms with Crippen LogP contribution in [0.25, 0.3) is 16.6 Å². The third-order valence-corrected chi connectivity index (χ3v) is 7.05. The number of carbonyl (C=O) groups excluding carboxylic acids is 1. The summed E-state index contributed by atoms with van der Waals surface area (Å²) in [5.74, 6) is 1.36. The highest BCUT2D eigenvalue weighted by atomic mass is 16.3. The number of aromatic nitrogens is 2. The Kier molecular flexibility index (Phi) is 6.53. The first kappa shape index (κ1) is 23.1. The molecule has 0 N–H and O–H groups in total. The number of fused-ring (bicyclic) bond motifs is 1. The first-order chi connectivity index (χ1) is 17.0. The molecule has 1 unspecified atom stereocenters. The van der Waals surface area contributed by atoms with Gasteiger partial charge in [0, 0.05) is 5.92 Å². The van der Waals surface area contributed by atoms with E-state index in [0.29, 0.717) is 29.0 Å². The highest BCUT2D eigenvalue weighted by Gasteiger charge is 2.32. The van der Waals surface area contributed by atoms with Crippen LogP contribution >= 0.6 is 0 Å². The minimum Gasteiger partial charge on any atom is -0.467 e. The number of hydrogen-bond donors (Lipinski definition) is 0. The first-order valence-corrected chi connectivity index (χ1v) is 12.4. The lowest BCUT2D eigenvalue weighted by Crippen LogP contribution is -2.40. The number of furan rings is 1. The van der Waals surface area contributed by atoms with E-state index in [1.165, 1.54) is 6.42 Å². The number of para-hydroxylation sites is 1. The maximum atomic E-state index is 13.9. The summed E-state index contributed by atoms with van der Waals surface area (Å²) in [6, 6.07) is 18.5. The lowest BCUT2D eigenvalue weighted by Gasteiger charge is -2.34. The molecule has 1 saturated carbocycles. The quantitative estimate of drug-likeness (QED) is 0.350. The van der Waals surface area contributed by atoms with E-state index in [-0.39, 0.29) is 17.4 Å². The zero-order valence-electron chi connectivity index (χ0n) is 20.3. The van der Waals surface area contributed by atoms with Crippen LogP contribution < -0.4 is 5.56 Å². The second-order valence-electron chi connectivity index (χ2n) is 9.52. The van der Waals surface area contributed by atoms with Crippen molar-refractivity contribution in [2.45, 2.75) is 58.5 Å². The topological polar surface area (TPSA) is 68.3 Å². The van der Waals surface area contributed by atoms with Crippen LogP contribution in [-0.4, -0.2) is 20.4 Å². The van der Waals surface area contributed by atoms with Gasteiger partial charge in [-0.1, -0.05) is 43.5 Å². The number of rotatable bonds is 6. The average Bonchev–Trinajstić information content (AvgIpc) is 3.40. The maximum absolute atomic E-state index is 13.9. The SMILES string of the molecule is Cc1cccc(-n2c(C(C)N(Cc3ccco3)C(=O)C3CCCCC3)nc3ccccc3c2=O)c1. The Morgan fingerprint density at radius 3 is 2.63 bits per heavy atom. The molecule has 6 nitrogen and oxygen atoms in total. The fourth-order valence-corrected chi connectivity index (χ4v) is 5.15. The van der Waals surface area contributed by atoms with Gasteiger partial charge in [0.2, 0.25) is 5.91 Å². The third kappa shape index (κ3) is 4.65. The van der Waals surface area contributed by atoms with E-state index in [1.807, 2.05) is 73.3 Å². The molecule has 2 aromatic carbocycles. The van der Waals surface area contributed by atoms with Gasteiger partial charge in [-0.15, -0.1) is 0 Å². The molecule has 1 amide bonds. The summed E-state index contributed by atoms with van der Waals surface area (Å²) >= 11 is 0. The highest BCUT2D eigenvalue weighted by Crippen LogP contribution is 2.31. The molecule has 0 saturated heterocycles. The highest BCUT2D eigenvalue weighted by molar-refractivity contribution is 5.80. The van der Waals surface area contributed by atoms with Crippen molar-refractivity contribution in [3.63, 3.8) is 0 Å². The zero-order valence-corrected chi connectivity index (χ0v) is 20.3. The second kappa shape index (κ2) is 9.90. The molecule has 180 valence electrons. The van der Waals surface area contributed by atoms with Gasteiger partial charge in [0.15, 0.2) is 0 Å². The Hall–Kier alpha value is -3.67. The predicted molar refractivity (Wildman–Crippen MR) is 136 cm³/mol. The van der Waals surface area contributed by atoms with Gasteiger partial charge >= 0.3 is 0 Å². The van der Waals surface area contributed by atoms with E-state index in [0.717, 1.165) is 36.9 Å². The number of nitrogens with zero attached hydrogens (tertiary/aromatic N) is 3. The number of aryl methyl sites for hydroxylation is 1. The van der Waals surface area contributed by atoms with Crippen LogP contribution in [0.4, 0.5) is 0 Å². The van der Waals surface area contributed by atoms with Gasteiger partial charge in [-0.2, -0.15) is 0 Å². The Balaban J connectivity index is 1.66. The van der Waals surface area contributed by atoms with E-state index in [4.69, 9.17) is 9.40 Å². The van der Waals surface area contributed by atoms with E-state index in [9.17, 15) is 9.59 Å². The van der Waals surface area contributed by atoms with Crippen LogP contribution in [0.1, 0.15) is 62.2 Å². The fraction of sp³-hybridized carbons (Fsp3) is 0.345. The van der Waals surface area contributed by atoms with Crippen molar-refractivity contribution >= 4 is 16.8 Å². The smallest absolute Gasteiger partial charge is 0.266 e. The Labute approximate surface area is 205 Å². The van der Waals surface area contributed by atoms with Gasteiger partial charge in [-0.3, -0.25) is 14.2 Å². The molecule has 2 aromatic heterocycles. The van der Waals surface area contributed by atoms with E-state index < -0.39 is 6.04 Å². The molecule has 4 aromatic rings. The molecule has 0 radical (unpaired) electrons. The molecule has 1 fully saturated rings. The lowest BCUT2D eigenvalue weighted by molar-refractivity contribution is -0.140. The van der Waals surface area contributed by atoms with Crippen molar-refractivity contribution in [1.29, 1.82) is 0 Å². The molecule has 5 rings (SSSR count). The molecule has 35 heavy (non-hydrogen) atoms. The van der Waals surface area contributed by atoms with E-state index >= 15 is 0 Å². The van der Waals surface area contributed by atoms with Crippen LogP contribution in [-0.2, 0) is 11.3 Å². The minimum atomic E-state index is -0.438. The molecular weight excluding hydrogens is 438 g/mol. The molecule has 6 heteroatoms.